The Morgan fingerprint density at radius 1 is 1.00 bits per heavy atom. The average Bonchev–Trinajstić information content (AvgIpc) is 2.63. The van der Waals surface area contributed by atoms with Crippen molar-refractivity contribution in [3.8, 4) is 0 Å². The smallest absolute Gasteiger partial charge is 0.193 e. The van der Waals surface area contributed by atoms with E-state index in [2.05, 4.69) is 52.8 Å². The number of hydrogen-bond acceptors (Lipinski definition) is 2. The first kappa shape index (κ1) is 17.0. The first-order valence-electron chi connectivity index (χ1n) is 8.38. The first-order valence-corrected chi connectivity index (χ1v) is 8.38. The molecular weight excluding hydrogens is 310 g/mol. The fourth-order valence-electron chi connectivity index (χ4n) is 2.80. The van der Waals surface area contributed by atoms with Crippen LogP contribution in [0, 0.1) is 0 Å². The van der Waals surface area contributed by atoms with E-state index in [1.165, 1.54) is 16.3 Å². The molecule has 0 saturated heterocycles. The molecule has 0 heterocycles. The van der Waals surface area contributed by atoms with Gasteiger partial charge in [0.1, 0.15) is 0 Å². The van der Waals surface area contributed by atoms with Gasteiger partial charge in [0.2, 0.25) is 0 Å². The Kier molecular flexibility index (Phi) is 5.65. The summed E-state index contributed by atoms with van der Waals surface area (Å²) >= 11 is 0. The third-order valence-corrected chi connectivity index (χ3v) is 4.08. The molecule has 0 aromatic heterocycles. The molecule has 0 unspecified atom stereocenters. The van der Waals surface area contributed by atoms with Crippen LogP contribution in [0.5, 0.6) is 0 Å². The zero-order valence-corrected chi connectivity index (χ0v) is 14.4. The normalized spacial score (nSPS) is 11.6. The van der Waals surface area contributed by atoms with E-state index in [1.807, 2.05) is 24.3 Å². The lowest BCUT2D eigenvalue weighted by Crippen LogP contribution is -2.23. The van der Waals surface area contributed by atoms with Crippen LogP contribution < -0.4 is 11.1 Å². The minimum absolute atomic E-state index is 0.421. The van der Waals surface area contributed by atoms with E-state index in [0.717, 1.165) is 17.7 Å². The van der Waals surface area contributed by atoms with E-state index in [1.54, 1.807) is 7.11 Å². The van der Waals surface area contributed by atoms with Gasteiger partial charge in [-0.15, -0.1) is 0 Å². The Hall–Kier alpha value is -2.85. The number of guanidine groups is 1. The minimum atomic E-state index is 0.421. The maximum atomic E-state index is 6.02. The molecule has 4 heteroatoms. The Balaban J connectivity index is 1.61. The molecule has 0 atom stereocenters. The highest BCUT2D eigenvalue weighted by molar-refractivity contribution is 5.93. The Morgan fingerprint density at radius 3 is 2.60 bits per heavy atom. The van der Waals surface area contributed by atoms with Gasteiger partial charge >= 0.3 is 0 Å². The van der Waals surface area contributed by atoms with Crippen molar-refractivity contribution in [1.82, 2.24) is 0 Å². The van der Waals surface area contributed by atoms with Crippen LogP contribution in [0.25, 0.3) is 10.8 Å². The van der Waals surface area contributed by atoms with Crippen LogP contribution >= 0.6 is 0 Å². The van der Waals surface area contributed by atoms with Gasteiger partial charge in [0.15, 0.2) is 5.96 Å². The van der Waals surface area contributed by atoms with Crippen LogP contribution in [-0.2, 0) is 17.8 Å². The maximum absolute atomic E-state index is 6.02. The molecule has 0 radical (unpaired) electrons. The van der Waals surface area contributed by atoms with Gasteiger partial charge in [-0.25, -0.2) is 0 Å². The molecule has 0 amide bonds. The predicted octanol–water partition coefficient (Wildman–Crippen LogP) is 3.96. The van der Waals surface area contributed by atoms with Crippen LogP contribution in [0.4, 0.5) is 5.69 Å². The standard InChI is InChI=1S/C21H23N3O/c1-25-15-19-8-4-5-9-20(19)24-21(22)23-13-12-16-10-11-17-6-2-3-7-18(17)14-16/h2-11,14H,12-13,15H2,1H3,(H3,22,23,24). The molecular formula is C21H23N3O. The second-order valence-corrected chi connectivity index (χ2v) is 5.91. The highest BCUT2D eigenvalue weighted by atomic mass is 16.5. The van der Waals surface area contributed by atoms with Gasteiger partial charge in [0.05, 0.1) is 6.61 Å². The second-order valence-electron chi connectivity index (χ2n) is 5.91. The van der Waals surface area contributed by atoms with Crippen LogP contribution in [0.15, 0.2) is 71.7 Å². The van der Waals surface area contributed by atoms with Crippen LogP contribution in [0.3, 0.4) is 0 Å². The number of nitrogens with zero attached hydrogens (tertiary/aromatic N) is 1. The molecule has 0 bridgehead atoms. The largest absolute Gasteiger partial charge is 0.380 e. The molecule has 3 aromatic rings. The van der Waals surface area contributed by atoms with Gasteiger partial charge in [-0.2, -0.15) is 0 Å². The zero-order valence-electron chi connectivity index (χ0n) is 14.4. The number of aliphatic imine (C=N–C) groups is 1. The van der Waals surface area contributed by atoms with Crippen molar-refractivity contribution in [1.29, 1.82) is 0 Å². The lowest BCUT2D eigenvalue weighted by molar-refractivity contribution is 0.185. The van der Waals surface area contributed by atoms with Crippen molar-refractivity contribution in [2.45, 2.75) is 13.0 Å². The quantitative estimate of drug-likeness (QED) is 0.530. The number of hydrogen-bond donors (Lipinski definition) is 2. The second kappa shape index (κ2) is 8.31. The molecule has 0 spiro atoms. The van der Waals surface area contributed by atoms with Crippen molar-refractivity contribution in [2.24, 2.45) is 10.7 Å². The summed E-state index contributed by atoms with van der Waals surface area (Å²) in [6, 6.07) is 22.8. The van der Waals surface area contributed by atoms with Crippen LogP contribution in [-0.4, -0.2) is 19.6 Å². The molecule has 0 fully saturated rings. The molecule has 3 N–H and O–H groups in total. The summed E-state index contributed by atoms with van der Waals surface area (Å²) in [5, 5.41) is 5.67. The van der Waals surface area contributed by atoms with Crippen LogP contribution in [0.1, 0.15) is 11.1 Å². The molecule has 0 aliphatic carbocycles. The molecule has 3 rings (SSSR count). The van der Waals surface area contributed by atoms with Crippen LogP contribution in [0.2, 0.25) is 0 Å². The summed E-state index contributed by atoms with van der Waals surface area (Å²) < 4.78 is 5.20. The number of nitrogens with one attached hydrogen (secondary N) is 1. The first-order chi connectivity index (χ1) is 12.3. The van der Waals surface area contributed by atoms with E-state index in [-0.39, 0.29) is 0 Å². The third kappa shape index (κ3) is 4.58. The third-order valence-electron chi connectivity index (χ3n) is 4.08. The number of rotatable bonds is 6. The molecule has 0 saturated carbocycles. The maximum Gasteiger partial charge on any atom is 0.193 e. The molecule has 128 valence electrons. The topological polar surface area (TPSA) is 59.6 Å². The van der Waals surface area contributed by atoms with Gasteiger partial charge in [0.25, 0.3) is 0 Å². The summed E-state index contributed by atoms with van der Waals surface area (Å²) in [5.41, 5.74) is 9.26. The van der Waals surface area contributed by atoms with Crippen molar-refractivity contribution in [3.63, 3.8) is 0 Å². The van der Waals surface area contributed by atoms with Gasteiger partial charge in [-0.1, -0.05) is 60.7 Å². The number of methoxy groups -OCH3 is 1. The van der Waals surface area contributed by atoms with E-state index in [0.29, 0.717) is 19.1 Å². The monoisotopic (exact) mass is 333 g/mol. The lowest BCUT2D eigenvalue weighted by atomic mass is 10.1. The van der Waals surface area contributed by atoms with Crippen molar-refractivity contribution in [2.75, 3.05) is 19.0 Å². The van der Waals surface area contributed by atoms with Crippen molar-refractivity contribution < 1.29 is 4.74 Å². The van der Waals surface area contributed by atoms with E-state index in [9.17, 15) is 0 Å². The molecule has 4 nitrogen and oxygen atoms in total. The minimum Gasteiger partial charge on any atom is -0.380 e. The summed E-state index contributed by atoms with van der Waals surface area (Å²) in [6.07, 6.45) is 0.854. The van der Waals surface area contributed by atoms with Crippen molar-refractivity contribution >= 4 is 22.4 Å². The summed E-state index contributed by atoms with van der Waals surface area (Å²) in [4.78, 5) is 4.44. The average molecular weight is 333 g/mol. The highest BCUT2D eigenvalue weighted by Crippen LogP contribution is 2.17. The fraction of sp³-hybridized carbons (Fsp3) is 0.190. The molecule has 3 aromatic carbocycles. The summed E-state index contributed by atoms with van der Waals surface area (Å²) in [7, 11) is 1.68. The molecule has 25 heavy (non-hydrogen) atoms. The number of nitrogens with two attached hydrogens (primary N) is 1. The van der Waals surface area contributed by atoms with Gasteiger partial charge in [0, 0.05) is 24.9 Å². The lowest BCUT2D eigenvalue weighted by Gasteiger charge is -2.11. The van der Waals surface area contributed by atoms with E-state index >= 15 is 0 Å². The number of anilines is 1. The number of para-hydroxylation sites is 1. The van der Waals surface area contributed by atoms with E-state index < -0.39 is 0 Å². The van der Waals surface area contributed by atoms with Gasteiger partial charge in [-0.3, -0.25) is 4.99 Å². The van der Waals surface area contributed by atoms with Crippen molar-refractivity contribution in [3.05, 3.63) is 77.9 Å². The van der Waals surface area contributed by atoms with Gasteiger partial charge < -0.3 is 15.8 Å². The molecule has 0 aliphatic rings. The summed E-state index contributed by atoms with van der Waals surface area (Å²) in [6.45, 7) is 1.18. The summed E-state index contributed by atoms with van der Waals surface area (Å²) in [5.74, 6) is 0.421. The highest BCUT2D eigenvalue weighted by Gasteiger charge is 2.02. The predicted molar refractivity (Wildman–Crippen MR) is 105 cm³/mol. The number of benzene rings is 3. The number of fused-ring (bicyclic) bond motifs is 1. The Labute approximate surface area is 148 Å². The van der Waals surface area contributed by atoms with Gasteiger partial charge in [-0.05, 0) is 28.8 Å². The fourth-order valence-corrected chi connectivity index (χ4v) is 2.80. The SMILES string of the molecule is COCc1ccccc1NC(N)=NCCc1ccc2ccccc2c1. The zero-order chi connectivity index (χ0) is 17.5. The Bertz CT molecular complexity index is 874. The number of ether oxygens (including phenoxy) is 1. The van der Waals surface area contributed by atoms with E-state index in [4.69, 9.17) is 10.5 Å². The molecule has 0 aliphatic heterocycles. The Morgan fingerprint density at radius 2 is 1.76 bits per heavy atom.